The van der Waals surface area contributed by atoms with Crippen LogP contribution >= 0.6 is 11.3 Å². The summed E-state index contributed by atoms with van der Waals surface area (Å²) in [5.41, 5.74) is 9.45. The van der Waals surface area contributed by atoms with Gasteiger partial charge in [0.05, 0.1) is 12.0 Å². The topological polar surface area (TPSA) is 35.2 Å². The van der Waals surface area contributed by atoms with Crippen molar-refractivity contribution in [2.45, 2.75) is 37.6 Å². The van der Waals surface area contributed by atoms with Gasteiger partial charge in [0.2, 0.25) is 0 Å². The summed E-state index contributed by atoms with van der Waals surface area (Å²) in [5.74, 6) is 1.52. The van der Waals surface area contributed by atoms with E-state index in [9.17, 15) is 0 Å². The lowest BCUT2D eigenvalue weighted by molar-refractivity contribution is 0.402. The SMILES string of the molecule is COc1ccsc1C(N)CC1CCCc2ccccc21. The molecule has 0 aliphatic heterocycles. The van der Waals surface area contributed by atoms with Crippen LogP contribution in [-0.4, -0.2) is 7.11 Å². The van der Waals surface area contributed by atoms with Gasteiger partial charge in [0.1, 0.15) is 5.75 Å². The molecule has 2 aromatic rings. The second kappa shape index (κ2) is 5.98. The molecule has 0 saturated carbocycles. The number of nitrogens with two attached hydrogens (primary N) is 1. The van der Waals surface area contributed by atoms with Crippen molar-refractivity contribution in [2.75, 3.05) is 7.11 Å². The maximum Gasteiger partial charge on any atom is 0.134 e. The highest BCUT2D eigenvalue weighted by molar-refractivity contribution is 7.10. The maximum absolute atomic E-state index is 6.43. The molecule has 1 heterocycles. The summed E-state index contributed by atoms with van der Waals surface area (Å²) >= 11 is 1.70. The third-order valence-electron chi connectivity index (χ3n) is 4.25. The lowest BCUT2D eigenvalue weighted by Gasteiger charge is -2.27. The molecule has 0 radical (unpaired) electrons. The number of aryl methyl sites for hydroxylation is 1. The molecule has 1 aliphatic carbocycles. The van der Waals surface area contributed by atoms with Gasteiger partial charge in [-0.1, -0.05) is 24.3 Å². The van der Waals surface area contributed by atoms with E-state index in [-0.39, 0.29) is 6.04 Å². The Hall–Kier alpha value is -1.32. The molecule has 20 heavy (non-hydrogen) atoms. The first kappa shape index (κ1) is 13.7. The van der Waals surface area contributed by atoms with Crippen molar-refractivity contribution >= 4 is 11.3 Å². The van der Waals surface area contributed by atoms with E-state index in [2.05, 4.69) is 29.6 Å². The molecule has 3 rings (SSSR count). The van der Waals surface area contributed by atoms with Gasteiger partial charge in [0, 0.05) is 6.04 Å². The summed E-state index contributed by atoms with van der Waals surface area (Å²) in [6, 6.07) is 10.9. The first-order valence-electron chi connectivity index (χ1n) is 7.24. The molecule has 2 N–H and O–H groups in total. The largest absolute Gasteiger partial charge is 0.496 e. The van der Waals surface area contributed by atoms with Gasteiger partial charge in [0.25, 0.3) is 0 Å². The van der Waals surface area contributed by atoms with Crippen LogP contribution in [0, 0.1) is 0 Å². The Morgan fingerprint density at radius 3 is 3.05 bits per heavy atom. The van der Waals surface area contributed by atoms with Crippen LogP contribution in [0.3, 0.4) is 0 Å². The summed E-state index contributed by atoms with van der Waals surface area (Å²) in [6.45, 7) is 0. The van der Waals surface area contributed by atoms with Gasteiger partial charge in [0.15, 0.2) is 0 Å². The Bertz CT molecular complexity index is 578. The standard InChI is InChI=1S/C17H21NOS/c1-19-16-9-10-20-17(16)15(18)11-13-7-4-6-12-5-2-3-8-14(12)13/h2-3,5,8-10,13,15H,4,6-7,11,18H2,1H3. The molecule has 0 spiro atoms. The normalized spacial score (nSPS) is 19.4. The Morgan fingerprint density at radius 1 is 1.35 bits per heavy atom. The van der Waals surface area contributed by atoms with Crippen LogP contribution in [0.25, 0.3) is 0 Å². The monoisotopic (exact) mass is 287 g/mol. The molecular weight excluding hydrogens is 266 g/mol. The van der Waals surface area contributed by atoms with Crippen LogP contribution in [0.5, 0.6) is 5.75 Å². The van der Waals surface area contributed by atoms with E-state index in [4.69, 9.17) is 10.5 Å². The first-order valence-corrected chi connectivity index (χ1v) is 8.12. The number of thiophene rings is 1. The molecule has 2 atom stereocenters. The molecule has 106 valence electrons. The Kier molecular flexibility index (Phi) is 4.08. The fraction of sp³-hybridized carbons (Fsp3) is 0.412. The Morgan fingerprint density at radius 2 is 2.20 bits per heavy atom. The van der Waals surface area contributed by atoms with Crippen molar-refractivity contribution in [1.82, 2.24) is 0 Å². The number of hydrogen-bond acceptors (Lipinski definition) is 3. The third-order valence-corrected chi connectivity index (χ3v) is 5.28. The van der Waals surface area contributed by atoms with Gasteiger partial charge < -0.3 is 10.5 Å². The summed E-state index contributed by atoms with van der Waals surface area (Å²) in [4.78, 5) is 1.18. The van der Waals surface area contributed by atoms with Crippen LogP contribution in [0.4, 0.5) is 0 Å². The fourth-order valence-electron chi connectivity index (χ4n) is 3.26. The van der Waals surface area contributed by atoms with Crippen LogP contribution in [-0.2, 0) is 6.42 Å². The van der Waals surface area contributed by atoms with Crippen molar-refractivity contribution in [3.8, 4) is 5.75 Å². The Balaban J connectivity index is 1.79. The minimum absolute atomic E-state index is 0.0705. The van der Waals surface area contributed by atoms with E-state index in [0.717, 1.165) is 12.2 Å². The van der Waals surface area contributed by atoms with E-state index in [1.165, 1.54) is 35.3 Å². The summed E-state index contributed by atoms with van der Waals surface area (Å²) in [7, 11) is 1.72. The average Bonchev–Trinajstić information content (AvgIpc) is 2.96. The molecule has 0 fully saturated rings. The predicted molar refractivity (Wildman–Crippen MR) is 84.5 cm³/mol. The third kappa shape index (κ3) is 2.60. The number of benzene rings is 1. The zero-order valence-electron chi connectivity index (χ0n) is 11.8. The molecule has 2 unspecified atom stereocenters. The van der Waals surface area contributed by atoms with Gasteiger partial charge in [-0.25, -0.2) is 0 Å². The zero-order chi connectivity index (χ0) is 13.9. The van der Waals surface area contributed by atoms with Crippen molar-refractivity contribution in [2.24, 2.45) is 5.73 Å². The second-order valence-corrected chi connectivity index (χ2v) is 6.43. The minimum atomic E-state index is 0.0705. The van der Waals surface area contributed by atoms with Crippen molar-refractivity contribution in [3.63, 3.8) is 0 Å². The van der Waals surface area contributed by atoms with Gasteiger partial charge in [-0.15, -0.1) is 11.3 Å². The molecule has 0 saturated heterocycles. The summed E-state index contributed by atoms with van der Waals surface area (Å²) < 4.78 is 5.40. The van der Waals surface area contributed by atoms with Crippen LogP contribution in [0.2, 0.25) is 0 Å². The number of methoxy groups -OCH3 is 1. The zero-order valence-corrected chi connectivity index (χ0v) is 12.7. The summed E-state index contributed by atoms with van der Waals surface area (Å²) in [5, 5.41) is 2.06. The molecule has 0 bridgehead atoms. The fourth-order valence-corrected chi connectivity index (χ4v) is 4.14. The molecule has 1 aromatic heterocycles. The van der Waals surface area contributed by atoms with Crippen molar-refractivity contribution in [1.29, 1.82) is 0 Å². The van der Waals surface area contributed by atoms with Crippen molar-refractivity contribution < 1.29 is 4.74 Å². The molecule has 1 aliphatic rings. The second-order valence-electron chi connectivity index (χ2n) is 5.48. The van der Waals surface area contributed by atoms with E-state index < -0.39 is 0 Å². The Labute approximate surface area is 124 Å². The highest BCUT2D eigenvalue weighted by Gasteiger charge is 2.24. The van der Waals surface area contributed by atoms with E-state index in [1.807, 2.05) is 6.07 Å². The molecule has 1 aromatic carbocycles. The quantitative estimate of drug-likeness (QED) is 0.911. The highest BCUT2D eigenvalue weighted by atomic mass is 32.1. The minimum Gasteiger partial charge on any atom is -0.496 e. The van der Waals surface area contributed by atoms with E-state index in [0.29, 0.717) is 5.92 Å². The van der Waals surface area contributed by atoms with Gasteiger partial charge in [-0.3, -0.25) is 0 Å². The number of rotatable bonds is 4. The number of ether oxygens (including phenoxy) is 1. The number of hydrogen-bond donors (Lipinski definition) is 1. The number of fused-ring (bicyclic) bond motifs is 1. The lowest BCUT2D eigenvalue weighted by atomic mass is 9.79. The molecular formula is C17H21NOS. The predicted octanol–water partition coefficient (Wildman–Crippen LogP) is 4.27. The average molecular weight is 287 g/mol. The van der Waals surface area contributed by atoms with Gasteiger partial charge in [-0.05, 0) is 54.2 Å². The van der Waals surface area contributed by atoms with E-state index >= 15 is 0 Å². The van der Waals surface area contributed by atoms with E-state index in [1.54, 1.807) is 18.4 Å². The smallest absolute Gasteiger partial charge is 0.134 e. The lowest BCUT2D eigenvalue weighted by Crippen LogP contribution is -2.17. The van der Waals surface area contributed by atoms with Crippen LogP contribution in [0.15, 0.2) is 35.7 Å². The van der Waals surface area contributed by atoms with Gasteiger partial charge in [-0.2, -0.15) is 0 Å². The maximum atomic E-state index is 6.43. The summed E-state index contributed by atoms with van der Waals surface area (Å²) in [6.07, 6.45) is 4.74. The van der Waals surface area contributed by atoms with Crippen LogP contribution in [0.1, 0.15) is 47.2 Å². The van der Waals surface area contributed by atoms with Crippen molar-refractivity contribution in [3.05, 3.63) is 51.7 Å². The molecule has 2 nitrogen and oxygen atoms in total. The highest BCUT2D eigenvalue weighted by Crippen LogP contribution is 2.40. The first-order chi connectivity index (χ1) is 9.79. The molecule has 0 amide bonds. The molecule has 3 heteroatoms. The van der Waals surface area contributed by atoms with Gasteiger partial charge >= 0.3 is 0 Å². The van der Waals surface area contributed by atoms with Crippen LogP contribution < -0.4 is 10.5 Å².